The van der Waals surface area contributed by atoms with E-state index in [0.29, 0.717) is 5.92 Å². The molecule has 1 unspecified atom stereocenters. The molecule has 1 aromatic rings. The molecule has 0 saturated carbocycles. The van der Waals surface area contributed by atoms with E-state index in [1.54, 1.807) is 0 Å². The highest BCUT2D eigenvalue weighted by molar-refractivity contribution is 5.71. The summed E-state index contributed by atoms with van der Waals surface area (Å²) in [5, 5.41) is 2.26. The van der Waals surface area contributed by atoms with Gasteiger partial charge in [-0.3, -0.25) is 0 Å². The van der Waals surface area contributed by atoms with Crippen molar-refractivity contribution >= 4 is 11.8 Å². The van der Waals surface area contributed by atoms with Crippen molar-refractivity contribution in [3.05, 3.63) is 85.5 Å². The minimum absolute atomic E-state index is 0.644. The van der Waals surface area contributed by atoms with E-state index in [1.165, 1.54) is 29.7 Å². The largest absolute Gasteiger partial charge is 0.303 e. The molecule has 1 atom stereocenters. The van der Waals surface area contributed by atoms with Crippen molar-refractivity contribution in [2.45, 2.75) is 33.6 Å². The van der Waals surface area contributed by atoms with Gasteiger partial charge in [0.05, 0.1) is 12.2 Å². The molecule has 2 heteroatoms. The van der Waals surface area contributed by atoms with Gasteiger partial charge in [0.15, 0.2) is 0 Å². The van der Waals surface area contributed by atoms with Gasteiger partial charge in [-0.15, -0.1) is 13.2 Å². The number of para-hydroxylation sites is 1. The van der Waals surface area contributed by atoms with E-state index in [9.17, 15) is 0 Å². The first-order valence-corrected chi connectivity index (χ1v) is 9.81. The summed E-state index contributed by atoms with van der Waals surface area (Å²) in [6.45, 7) is 22.6. The zero-order chi connectivity index (χ0) is 20.2. The number of nitrogens with zero attached hydrogens (tertiary/aromatic N) is 1. The van der Waals surface area contributed by atoms with E-state index < -0.39 is 0 Å². The number of allylic oxidation sites excluding steroid dienone is 3. The van der Waals surface area contributed by atoms with Gasteiger partial charge < -0.3 is 5.01 Å². The van der Waals surface area contributed by atoms with Gasteiger partial charge in [-0.05, 0) is 41.0 Å². The van der Waals surface area contributed by atoms with E-state index in [0.717, 1.165) is 24.6 Å². The van der Waals surface area contributed by atoms with E-state index in [-0.39, 0.29) is 0 Å². The van der Waals surface area contributed by atoms with Crippen LogP contribution in [0.15, 0.2) is 80.0 Å². The molecule has 2 rings (SSSR count). The van der Waals surface area contributed by atoms with Crippen LogP contribution in [0.1, 0.15) is 39.2 Å². The Morgan fingerprint density at radius 3 is 2.37 bits per heavy atom. The van der Waals surface area contributed by atoms with Crippen LogP contribution in [0.5, 0.6) is 0 Å². The van der Waals surface area contributed by atoms with Crippen LogP contribution in [0.2, 0.25) is 0 Å². The van der Waals surface area contributed by atoms with Crippen molar-refractivity contribution in [3.8, 4) is 0 Å². The monoisotopic (exact) mass is 364 g/mol. The number of nitrogens with one attached hydrogen (secondary N) is 1. The van der Waals surface area contributed by atoms with Gasteiger partial charge in [-0.1, -0.05) is 82.9 Å². The molecular weight excluding hydrogens is 328 g/mol. The molecule has 0 fully saturated rings. The number of hydrogen-bond donors (Lipinski definition) is 1. The third-order valence-corrected chi connectivity index (χ3v) is 4.70. The summed E-state index contributed by atoms with van der Waals surface area (Å²) < 4.78 is 0. The lowest BCUT2D eigenvalue weighted by Gasteiger charge is -2.30. The van der Waals surface area contributed by atoms with Crippen molar-refractivity contribution in [1.82, 2.24) is 5.43 Å². The first-order valence-electron chi connectivity index (χ1n) is 9.81. The van der Waals surface area contributed by atoms with Crippen LogP contribution in [-0.4, -0.2) is 13.1 Å². The Morgan fingerprint density at radius 2 is 1.74 bits per heavy atom. The molecule has 0 amide bonds. The minimum Gasteiger partial charge on any atom is -0.303 e. The molecule has 0 aliphatic carbocycles. The van der Waals surface area contributed by atoms with Crippen molar-refractivity contribution < 1.29 is 0 Å². The Balaban J connectivity index is 0.00000176. The van der Waals surface area contributed by atoms with E-state index in [4.69, 9.17) is 0 Å². The third-order valence-electron chi connectivity index (χ3n) is 4.70. The quantitative estimate of drug-likeness (QED) is 0.525. The fourth-order valence-corrected chi connectivity index (χ4v) is 3.02. The molecule has 0 saturated heterocycles. The Kier molecular flexibility index (Phi) is 10.2. The average molecular weight is 365 g/mol. The molecule has 27 heavy (non-hydrogen) atoms. The second-order valence-electron chi connectivity index (χ2n) is 7.31. The van der Waals surface area contributed by atoms with Crippen LogP contribution in [0, 0.1) is 11.8 Å². The number of hydrogen-bond acceptors (Lipinski definition) is 2. The standard InChI is InChI=1S/C23H32N2.C2H4/c1-6-20-14-15-22-10-8-9-11-23(22)25(17-21(20)7-2)24-16-19(5)13-12-18(3)4;1-2/h6-11,14-15,18-19,24H,1-2,12-13,16-17H2,3-5H3;1-2H2/b15-14-,21-20-;. The molecule has 1 aliphatic heterocycles. The predicted molar refractivity (Wildman–Crippen MR) is 123 cm³/mol. The zero-order valence-corrected chi connectivity index (χ0v) is 17.4. The summed E-state index contributed by atoms with van der Waals surface area (Å²) in [4.78, 5) is 0. The van der Waals surface area contributed by atoms with Crippen LogP contribution < -0.4 is 10.4 Å². The molecule has 1 N–H and O–H groups in total. The Bertz CT molecular complexity index is 667. The number of hydrazine groups is 1. The van der Waals surface area contributed by atoms with Gasteiger partial charge in [0.1, 0.15) is 0 Å². The highest BCUT2D eigenvalue weighted by atomic mass is 15.5. The summed E-state index contributed by atoms with van der Waals surface area (Å²) in [5.41, 5.74) is 8.39. The molecule has 146 valence electrons. The van der Waals surface area contributed by atoms with Crippen LogP contribution in [-0.2, 0) is 0 Å². The fraction of sp³-hybridized carbons (Fsp3) is 0.360. The normalized spacial score (nSPS) is 18.4. The third kappa shape index (κ3) is 7.07. The molecule has 2 nitrogen and oxygen atoms in total. The molecule has 0 spiro atoms. The van der Waals surface area contributed by atoms with Gasteiger partial charge in [0.25, 0.3) is 0 Å². The SMILES string of the molecule is C=C.C=CC1=C(\C=C)CN(NCC(C)CCC(C)C)c2ccccc2/C=C\1. The van der Waals surface area contributed by atoms with Crippen molar-refractivity contribution in [1.29, 1.82) is 0 Å². The summed E-state index contributed by atoms with van der Waals surface area (Å²) in [5.74, 6) is 1.41. The van der Waals surface area contributed by atoms with Crippen molar-refractivity contribution in [2.24, 2.45) is 11.8 Å². The van der Waals surface area contributed by atoms with Gasteiger partial charge in [-0.2, -0.15) is 0 Å². The predicted octanol–water partition coefficient (Wildman–Crippen LogP) is 6.57. The lowest BCUT2D eigenvalue weighted by Crippen LogP contribution is -2.42. The van der Waals surface area contributed by atoms with Gasteiger partial charge >= 0.3 is 0 Å². The highest BCUT2D eigenvalue weighted by Gasteiger charge is 2.15. The zero-order valence-electron chi connectivity index (χ0n) is 17.4. The summed E-state index contributed by atoms with van der Waals surface area (Å²) in [6, 6.07) is 8.50. The van der Waals surface area contributed by atoms with E-state index >= 15 is 0 Å². The minimum atomic E-state index is 0.644. The van der Waals surface area contributed by atoms with Crippen LogP contribution >= 0.6 is 0 Å². The summed E-state index contributed by atoms with van der Waals surface area (Å²) >= 11 is 0. The molecule has 0 radical (unpaired) electrons. The van der Waals surface area contributed by atoms with Crippen LogP contribution in [0.25, 0.3) is 6.08 Å². The van der Waals surface area contributed by atoms with Crippen LogP contribution in [0.3, 0.4) is 0 Å². The molecule has 1 aliphatic rings. The number of anilines is 1. The summed E-state index contributed by atoms with van der Waals surface area (Å²) in [7, 11) is 0. The molecule has 1 heterocycles. The van der Waals surface area contributed by atoms with Crippen LogP contribution in [0.4, 0.5) is 5.69 Å². The lowest BCUT2D eigenvalue weighted by molar-refractivity contribution is 0.422. The highest BCUT2D eigenvalue weighted by Crippen LogP contribution is 2.26. The Hall–Kier alpha value is -2.32. The maximum Gasteiger partial charge on any atom is 0.0600 e. The first kappa shape index (κ1) is 22.7. The maximum absolute atomic E-state index is 4.00. The van der Waals surface area contributed by atoms with Gasteiger partial charge in [-0.25, -0.2) is 5.43 Å². The fourth-order valence-electron chi connectivity index (χ4n) is 3.02. The molecule has 0 aromatic heterocycles. The average Bonchev–Trinajstić information content (AvgIpc) is 2.68. The number of fused-ring (bicyclic) bond motifs is 1. The first-order chi connectivity index (χ1) is 13.0. The number of rotatable bonds is 8. The molecular formula is C25H36N2. The molecule has 1 aromatic carbocycles. The molecule has 0 bridgehead atoms. The Morgan fingerprint density at radius 1 is 1.04 bits per heavy atom. The van der Waals surface area contributed by atoms with Gasteiger partial charge in [0, 0.05) is 6.54 Å². The van der Waals surface area contributed by atoms with Gasteiger partial charge in [0.2, 0.25) is 0 Å². The van der Waals surface area contributed by atoms with E-state index in [2.05, 4.69) is 93.9 Å². The van der Waals surface area contributed by atoms with Crippen molar-refractivity contribution in [3.63, 3.8) is 0 Å². The smallest absolute Gasteiger partial charge is 0.0600 e. The lowest BCUT2D eigenvalue weighted by atomic mass is 9.99. The number of benzene rings is 1. The maximum atomic E-state index is 4.00. The summed E-state index contributed by atoms with van der Waals surface area (Å²) in [6.07, 6.45) is 10.7. The second-order valence-corrected chi connectivity index (χ2v) is 7.31. The van der Waals surface area contributed by atoms with E-state index in [1.807, 2.05) is 12.2 Å². The van der Waals surface area contributed by atoms with Crippen molar-refractivity contribution in [2.75, 3.05) is 18.1 Å². The Labute approximate surface area is 166 Å². The second kappa shape index (κ2) is 12.1. The topological polar surface area (TPSA) is 15.3 Å².